The third-order valence-electron chi connectivity index (χ3n) is 4.44. The minimum absolute atomic E-state index is 0.00400. The van der Waals surface area contributed by atoms with E-state index in [-0.39, 0.29) is 11.2 Å². The van der Waals surface area contributed by atoms with E-state index in [9.17, 15) is 4.39 Å². The van der Waals surface area contributed by atoms with Gasteiger partial charge in [-0.05, 0) is 54.2 Å². The summed E-state index contributed by atoms with van der Waals surface area (Å²) in [5, 5.41) is 0. The summed E-state index contributed by atoms with van der Waals surface area (Å²) in [5.41, 5.74) is 2.45. The fourth-order valence-corrected chi connectivity index (χ4v) is 3.37. The van der Waals surface area contributed by atoms with E-state index in [1.54, 1.807) is 6.07 Å². The molecule has 102 valence electrons. The SMILES string of the molecule is CC.CCC1(C(C)C)CCCc2c(F)cccc21. The Morgan fingerprint density at radius 3 is 2.50 bits per heavy atom. The molecule has 0 N–H and O–H groups in total. The van der Waals surface area contributed by atoms with Gasteiger partial charge in [0, 0.05) is 0 Å². The minimum atomic E-state index is -0.00400. The lowest BCUT2D eigenvalue weighted by Gasteiger charge is -2.42. The van der Waals surface area contributed by atoms with Crippen LogP contribution in [0.25, 0.3) is 0 Å². The maximum atomic E-state index is 13.8. The van der Waals surface area contributed by atoms with Gasteiger partial charge in [-0.15, -0.1) is 0 Å². The number of benzene rings is 1. The number of hydrogen-bond donors (Lipinski definition) is 0. The van der Waals surface area contributed by atoms with Gasteiger partial charge in [-0.2, -0.15) is 0 Å². The van der Waals surface area contributed by atoms with Gasteiger partial charge in [0.25, 0.3) is 0 Å². The van der Waals surface area contributed by atoms with Crippen LogP contribution in [0.5, 0.6) is 0 Å². The normalized spacial score (nSPS) is 22.2. The molecule has 2 rings (SSSR count). The molecule has 0 amide bonds. The Bertz CT molecular complexity index is 381. The van der Waals surface area contributed by atoms with E-state index in [4.69, 9.17) is 0 Å². The molecule has 0 heterocycles. The average molecular weight is 250 g/mol. The third kappa shape index (κ3) is 2.46. The first-order chi connectivity index (χ1) is 8.62. The smallest absolute Gasteiger partial charge is 0.126 e. The third-order valence-corrected chi connectivity index (χ3v) is 4.44. The van der Waals surface area contributed by atoms with Gasteiger partial charge >= 0.3 is 0 Å². The molecule has 1 unspecified atom stereocenters. The van der Waals surface area contributed by atoms with Crippen LogP contribution in [-0.2, 0) is 11.8 Å². The highest BCUT2D eigenvalue weighted by Gasteiger charge is 2.38. The van der Waals surface area contributed by atoms with Gasteiger partial charge in [-0.3, -0.25) is 0 Å². The molecular formula is C17H27F. The van der Waals surface area contributed by atoms with E-state index in [1.165, 1.54) is 12.0 Å². The topological polar surface area (TPSA) is 0 Å². The summed E-state index contributed by atoms with van der Waals surface area (Å²) in [5.74, 6) is 0.578. The van der Waals surface area contributed by atoms with Gasteiger partial charge in [-0.1, -0.05) is 46.8 Å². The van der Waals surface area contributed by atoms with Crippen LogP contribution in [-0.4, -0.2) is 0 Å². The van der Waals surface area contributed by atoms with Crippen molar-refractivity contribution in [1.29, 1.82) is 0 Å². The summed E-state index contributed by atoms with van der Waals surface area (Å²) >= 11 is 0. The van der Waals surface area contributed by atoms with Crippen molar-refractivity contribution < 1.29 is 4.39 Å². The van der Waals surface area contributed by atoms with Crippen molar-refractivity contribution in [3.63, 3.8) is 0 Å². The number of halogens is 1. The molecule has 1 aliphatic carbocycles. The van der Waals surface area contributed by atoms with Crippen LogP contribution in [0.1, 0.15) is 65.0 Å². The van der Waals surface area contributed by atoms with E-state index in [0.29, 0.717) is 5.92 Å². The van der Waals surface area contributed by atoms with Crippen molar-refractivity contribution in [3.05, 3.63) is 35.1 Å². The Morgan fingerprint density at radius 2 is 1.94 bits per heavy atom. The summed E-state index contributed by atoms with van der Waals surface area (Å²) < 4.78 is 13.8. The molecule has 0 radical (unpaired) electrons. The summed E-state index contributed by atoms with van der Waals surface area (Å²) in [7, 11) is 0. The lowest BCUT2D eigenvalue weighted by Crippen LogP contribution is -2.36. The number of fused-ring (bicyclic) bond motifs is 1. The Balaban J connectivity index is 0.000000771. The maximum absolute atomic E-state index is 13.8. The summed E-state index contributed by atoms with van der Waals surface area (Å²) in [6, 6.07) is 5.61. The Labute approximate surface area is 112 Å². The molecule has 1 aliphatic rings. The van der Waals surface area contributed by atoms with Gasteiger partial charge in [0.1, 0.15) is 5.82 Å². The lowest BCUT2D eigenvalue weighted by molar-refractivity contribution is 0.250. The highest BCUT2D eigenvalue weighted by atomic mass is 19.1. The van der Waals surface area contributed by atoms with Crippen LogP contribution in [0, 0.1) is 11.7 Å². The molecule has 0 fully saturated rings. The monoisotopic (exact) mass is 250 g/mol. The van der Waals surface area contributed by atoms with Gasteiger partial charge in [0.2, 0.25) is 0 Å². The fourth-order valence-electron chi connectivity index (χ4n) is 3.37. The highest BCUT2D eigenvalue weighted by molar-refractivity contribution is 5.38. The zero-order valence-corrected chi connectivity index (χ0v) is 12.5. The van der Waals surface area contributed by atoms with Crippen molar-refractivity contribution in [2.24, 2.45) is 5.92 Å². The van der Waals surface area contributed by atoms with Crippen LogP contribution in [0.2, 0.25) is 0 Å². The van der Waals surface area contributed by atoms with E-state index < -0.39 is 0 Å². The molecule has 0 nitrogen and oxygen atoms in total. The molecule has 0 bridgehead atoms. The van der Waals surface area contributed by atoms with Crippen molar-refractivity contribution >= 4 is 0 Å². The molecule has 1 atom stereocenters. The molecule has 1 aromatic carbocycles. The van der Waals surface area contributed by atoms with Gasteiger partial charge in [0.05, 0.1) is 0 Å². The number of hydrogen-bond acceptors (Lipinski definition) is 0. The second-order valence-corrected chi connectivity index (χ2v) is 5.28. The van der Waals surface area contributed by atoms with Gasteiger partial charge in [-0.25, -0.2) is 4.39 Å². The molecule has 18 heavy (non-hydrogen) atoms. The Morgan fingerprint density at radius 1 is 1.28 bits per heavy atom. The van der Waals surface area contributed by atoms with Crippen LogP contribution >= 0.6 is 0 Å². The summed E-state index contributed by atoms with van der Waals surface area (Å²) in [6.45, 7) is 10.8. The predicted octanol–water partition coefficient (Wildman–Crippen LogP) is 5.49. The Kier molecular flexibility index (Phi) is 5.37. The average Bonchev–Trinajstić information content (AvgIpc) is 2.40. The molecule has 0 aliphatic heterocycles. The highest BCUT2D eigenvalue weighted by Crippen LogP contribution is 2.45. The van der Waals surface area contributed by atoms with E-state index in [1.807, 2.05) is 19.9 Å². The number of rotatable bonds is 2. The fraction of sp³-hybridized carbons (Fsp3) is 0.647. The molecule has 0 saturated heterocycles. The molecule has 1 heteroatoms. The van der Waals surface area contributed by atoms with Gasteiger partial charge < -0.3 is 0 Å². The molecule has 0 aromatic heterocycles. The Hall–Kier alpha value is -0.850. The molecule has 0 spiro atoms. The zero-order valence-electron chi connectivity index (χ0n) is 12.5. The van der Waals surface area contributed by atoms with Crippen LogP contribution in [0.3, 0.4) is 0 Å². The second kappa shape index (κ2) is 6.36. The second-order valence-electron chi connectivity index (χ2n) is 5.28. The molecular weight excluding hydrogens is 223 g/mol. The van der Waals surface area contributed by atoms with Crippen molar-refractivity contribution in [1.82, 2.24) is 0 Å². The van der Waals surface area contributed by atoms with Crippen LogP contribution in [0.4, 0.5) is 4.39 Å². The maximum Gasteiger partial charge on any atom is 0.126 e. The minimum Gasteiger partial charge on any atom is -0.207 e. The van der Waals surface area contributed by atoms with Crippen molar-refractivity contribution in [2.45, 2.75) is 65.7 Å². The standard InChI is InChI=1S/C15H21F.C2H6/c1-4-15(11(2)3)10-6-7-12-13(15)8-5-9-14(12)16;1-2/h5,8-9,11H,4,6-7,10H2,1-3H3;1-2H3. The molecule has 0 saturated carbocycles. The quantitative estimate of drug-likeness (QED) is 0.651. The first kappa shape index (κ1) is 15.2. The van der Waals surface area contributed by atoms with Gasteiger partial charge in [0.15, 0.2) is 0 Å². The molecule has 1 aromatic rings. The van der Waals surface area contributed by atoms with E-state index in [0.717, 1.165) is 24.8 Å². The first-order valence-electron chi connectivity index (χ1n) is 7.39. The van der Waals surface area contributed by atoms with Crippen molar-refractivity contribution in [3.8, 4) is 0 Å². The summed E-state index contributed by atoms with van der Waals surface area (Å²) in [6.07, 6.45) is 4.36. The zero-order chi connectivity index (χ0) is 13.8. The lowest BCUT2D eigenvalue weighted by atomic mass is 9.62. The van der Waals surface area contributed by atoms with Crippen LogP contribution < -0.4 is 0 Å². The predicted molar refractivity (Wildman–Crippen MR) is 77.5 cm³/mol. The largest absolute Gasteiger partial charge is 0.207 e. The van der Waals surface area contributed by atoms with E-state index in [2.05, 4.69) is 26.8 Å². The van der Waals surface area contributed by atoms with Crippen molar-refractivity contribution in [2.75, 3.05) is 0 Å². The first-order valence-corrected chi connectivity index (χ1v) is 7.39. The van der Waals surface area contributed by atoms with Crippen LogP contribution in [0.15, 0.2) is 18.2 Å². The summed E-state index contributed by atoms with van der Waals surface area (Å²) in [4.78, 5) is 0. The van der Waals surface area contributed by atoms with E-state index >= 15 is 0 Å².